The monoisotopic (exact) mass is 525 g/mol. The molecule has 0 saturated heterocycles. The number of fused-ring (bicyclic) bond motifs is 2. The Balaban J connectivity index is 1.54. The van der Waals surface area contributed by atoms with E-state index in [1.54, 1.807) is 18.3 Å². The lowest BCUT2D eigenvalue weighted by Crippen LogP contribution is -2.12. The van der Waals surface area contributed by atoms with Gasteiger partial charge in [-0.15, -0.1) is 0 Å². The van der Waals surface area contributed by atoms with Gasteiger partial charge in [0.1, 0.15) is 5.82 Å². The second kappa shape index (κ2) is 8.91. The molecule has 0 atom stereocenters. The molecule has 4 aromatic carbocycles. The van der Waals surface area contributed by atoms with Crippen molar-refractivity contribution in [3.8, 4) is 11.4 Å². The third-order valence-corrected chi connectivity index (χ3v) is 8.61. The lowest BCUT2D eigenvalue weighted by Gasteiger charge is -2.10. The Morgan fingerprint density at radius 1 is 0.811 bits per heavy atom. The van der Waals surface area contributed by atoms with Gasteiger partial charge < -0.3 is 4.57 Å². The van der Waals surface area contributed by atoms with Crippen LogP contribution in [0.5, 0.6) is 0 Å². The Morgan fingerprint density at radius 3 is 2.27 bits per heavy atom. The molecule has 0 fully saturated rings. The van der Waals surface area contributed by atoms with E-state index in [1.165, 1.54) is 3.97 Å². The first kappa shape index (κ1) is 23.5. The van der Waals surface area contributed by atoms with Crippen LogP contribution in [0.4, 0.5) is 0 Å². The normalized spacial score (nSPS) is 12.0. The van der Waals surface area contributed by atoms with Crippen LogP contribution in [0, 0.1) is 13.8 Å². The largest absolute Gasteiger partial charge is 0.319 e. The van der Waals surface area contributed by atoms with Crippen molar-refractivity contribution < 1.29 is 8.42 Å². The average molecular weight is 526 g/mol. The van der Waals surface area contributed by atoms with Crippen LogP contribution in [0.3, 0.4) is 0 Å². The van der Waals surface area contributed by atoms with Crippen LogP contribution < -0.4 is 0 Å². The number of hydrogen-bond acceptors (Lipinski definition) is 3. The van der Waals surface area contributed by atoms with Gasteiger partial charge in [0.25, 0.3) is 10.0 Å². The number of nitrogens with zero attached hydrogens (tertiary/aromatic N) is 3. The summed E-state index contributed by atoms with van der Waals surface area (Å²) in [5.74, 6) is 0.801. The maximum Gasteiger partial charge on any atom is 0.268 e. The number of para-hydroxylation sites is 1. The number of aryl methyl sites for hydroxylation is 2. The summed E-state index contributed by atoms with van der Waals surface area (Å²) in [5.41, 5.74) is 6.48. The number of rotatable bonds is 5. The molecule has 0 spiro atoms. The van der Waals surface area contributed by atoms with Gasteiger partial charge in [0.15, 0.2) is 0 Å². The van der Waals surface area contributed by atoms with Gasteiger partial charge in [-0.2, -0.15) is 0 Å². The Labute approximate surface area is 220 Å². The standard InChI is InChI=1S/C30H24ClN3O2S/c1-20-7-14-25(15-8-20)37(35,36)34-19-23(26-5-3-4-6-28(26)34)18-33-29-16-9-21(2)17-27(29)32-30(33)22-10-12-24(31)13-11-22/h3-17,19H,18H2,1-2H3. The van der Waals surface area contributed by atoms with Crippen LogP contribution in [0.15, 0.2) is 102 Å². The van der Waals surface area contributed by atoms with E-state index < -0.39 is 10.0 Å². The molecular formula is C30H24ClN3O2S. The predicted molar refractivity (Wildman–Crippen MR) is 150 cm³/mol. The maximum absolute atomic E-state index is 13.7. The summed E-state index contributed by atoms with van der Waals surface area (Å²) >= 11 is 6.15. The van der Waals surface area contributed by atoms with Crippen molar-refractivity contribution in [1.82, 2.24) is 13.5 Å². The molecule has 2 heterocycles. The Bertz CT molecular complexity index is 1880. The summed E-state index contributed by atoms with van der Waals surface area (Å²) in [6, 6.07) is 28.4. The molecule has 6 rings (SSSR count). The van der Waals surface area contributed by atoms with Gasteiger partial charge in [-0.1, -0.05) is 53.6 Å². The molecule has 0 amide bonds. The Morgan fingerprint density at radius 2 is 1.51 bits per heavy atom. The minimum absolute atomic E-state index is 0.260. The quantitative estimate of drug-likeness (QED) is 0.239. The molecule has 6 aromatic rings. The fraction of sp³-hybridized carbons (Fsp3) is 0.100. The van der Waals surface area contributed by atoms with Gasteiger partial charge >= 0.3 is 0 Å². The zero-order chi connectivity index (χ0) is 25.7. The second-order valence-corrected chi connectivity index (χ2v) is 11.6. The van der Waals surface area contributed by atoms with Gasteiger partial charge in [0.05, 0.1) is 28.0 Å². The zero-order valence-corrected chi connectivity index (χ0v) is 22.0. The van der Waals surface area contributed by atoms with Gasteiger partial charge in [0.2, 0.25) is 0 Å². The van der Waals surface area contributed by atoms with E-state index in [1.807, 2.05) is 74.5 Å². The highest BCUT2D eigenvalue weighted by Gasteiger charge is 2.22. The van der Waals surface area contributed by atoms with Crippen LogP contribution >= 0.6 is 11.6 Å². The average Bonchev–Trinajstić information content (AvgIpc) is 3.44. The van der Waals surface area contributed by atoms with Crippen molar-refractivity contribution in [2.24, 2.45) is 0 Å². The highest BCUT2D eigenvalue weighted by molar-refractivity contribution is 7.90. The van der Waals surface area contributed by atoms with Crippen molar-refractivity contribution in [2.75, 3.05) is 0 Å². The Kier molecular flexibility index (Phi) is 5.66. The third kappa shape index (κ3) is 4.12. The molecule has 0 aliphatic carbocycles. The van der Waals surface area contributed by atoms with Crippen molar-refractivity contribution in [1.29, 1.82) is 0 Å². The second-order valence-electron chi connectivity index (χ2n) is 9.31. The minimum Gasteiger partial charge on any atom is -0.319 e. The fourth-order valence-electron chi connectivity index (χ4n) is 4.76. The first-order valence-electron chi connectivity index (χ1n) is 12.0. The van der Waals surface area contributed by atoms with Gasteiger partial charge in [0, 0.05) is 22.2 Å². The van der Waals surface area contributed by atoms with E-state index in [9.17, 15) is 8.42 Å². The summed E-state index contributed by atoms with van der Waals surface area (Å²) < 4.78 is 30.9. The smallest absolute Gasteiger partial charge is 0.268 e. The highest BCUT2D eigenvalue weighted by Crippen LogP contribution is 2.31. The molecule has 2 aromatic heterocycles. The number of benzene rings is 4. The molecule has 7 heteroatoms. The molecular weight excluding hydrogens is 502 g/mol. The summed E-state index contributed by atoms with van der Waals surface area (Å²) in [4.78, 5) is 5.22. The van der Waals surface area contributed by atoms with Crippen LogP contribution in [-0.2, 0) is 16.6 Å². The van der Waals surface area contributed by atoms with E-state index in [-0.39, 0.29) is 4.90 Å². The van der Waals surface area contributed by atoms with E-state index in [0.717, 1.165) is 44.5 Å². The highest BCUT2D eigenvalue weighted by atomic mass is 35.5. The van der Waals surface area contributed by atoms with Crippen LogP contribution in [0.25, 0.3) is 33.3 Å². The van der Waals surface area contributed by atoms with Crippen molar-refractivity contribution in [3.63, 3.8) is 0 Å². The summed E-state index contributed by atoms with van der Waals surface area (Å²) in [5, 5.41) is 1.54. The maximum atomic E-state index is 13.7. The molecule has 0 unspecified atom stereocenters. The molecule has 5 nitrogen and oxygen atoms in total. The fourth-order valence-corrected chi connectivity index (χ4v) is 6.27. The van der Waals surface area contributed by atoms with E-state index in [2.05, 4.69) is 22.8 Å². The SMILES string of the molecule is Cc1ccc(S(=O)(=O)n2cc(Cn3c(-c4ccc(Cl)cc4)nc4cc(C)ccc43)c3ccccc32)cc1. The van der Waals surface area contributed by atoms with Crippen LogP contribution in [0.1, 0.15) is 16.7 Å². The molecule has 0 aliphatic rings. The van der Waals surface area contributed by atoms with E-state index >= 15 is 0 Å². The number of imidazole rings is 1. The molecule has 0 aliphatic heterocycles. The molecule has 184 valence electrons. The van der Waals surface area contributed by atoms with Crippen LogP contribution in [-0.4, -0.2) is 21.9 Å². The van der Waals surface area contributed by atoms with Gasteiger partial charge in [-0.05, 0) is 79.6 Å². The van der Waals surface area contributed by atoms with Crippen molar-refractivity contribution in [2.45, 2.75) is 25.3 Å². The lowest BCUT2D eigenvalue weighted by atomic mass is 10.1. The minimum atomic E-state index is -3.78. The van der Waals surface area contributed by atoms with Gasteiger partial charge in [-0.3, -0.25) is 0 Å². The van der Waals surface area contributed by atoms with Crippen molar-refractivity contribution in [3.05, 3.63) is 119 Å². The molecule has 0 radical (unpaired) electrons. The first-order valence-corrected chi connectivity index (χ1v) is 13.8. The van der Waals surface area contributed by atoms with E-state index in [4.69, 9.17) is 16.6 Å². The molecule has 0 N–H and O–H groups in total. The summed E-state index contributed by atoms with van der Waals surface area (Å²) in [7, 11) is -3.78. The summed E-state index contributed by atoms with van der Waals surface area (Å²) in [6.45, 7) is 4.44. The topological polar surface area (TPSA) is 56.9 Å². The Hall–Kier alpha value is -3.87. The van der Waals surface area contributed by atoms with Crippen molar-refractivity contribution >= 4 is 43.6 Å². The number of aromatic nitrogens is 3. The number of halogens is 1. The molecule has 37 heavy (non-hydrogen) atoms. The molecule has 0 bridgehead atoms. The summed E-state index contributed by atoms with van der Waals surface area (Å²) in [6.07, 6.45) is 1.74. The first-order chi connectivity index (χ1) is 17.8. The molecule has 0 saturated carbocycles. The predicted octanol–water partition coefficient (Wildman–Crippen LogP) is 7.21. The third-order valence-electron chi connectivity index (χ3n) is 6.67. The number of hydrogen-bond donors (Lipinski definition) is 0. The van der Waals surface area contributed by atoms with E-state index in [0.29, 0.717) is 17.1 Å². The van der Waals surface area contributed by atoms with Gasteiger partial charge in [-0.25, -0.2) is 17.4 Å². The zero-order valence-electron chi connectivity index (χ0n) is 20.4. The van der Waals surface area contributed by atoms with Crippen LogP contribution in [0.2, 0.25) is 5.02 Å². The lowest BCUT2D eigenvalue weighted by molar-refractivity contribution is 0.589.